The minimum absolute atomic E-state index is 0.0972. The number of nitrogens with zero attached hydrogens (tertiary/aromatic N) is 3. The molecule has 0 aliphatic heterocycles. The molecule has 0 spiro atoms. The molecule has 1 N–H and O–H groups in total. The molecule has 22 heavy (non-hydrogen) atoms. The average Bonchev–Trinajstić information content (AvgIpc) is 3.18. The summed E-state index contributed by atoms with van der Waals surface area (Å²) in [5.74, 6) is 0.396. The third-order valence-electron chi connectivity index (χ3n) is 4.16. The molecule has 1 aromatic carbocycles. The first-order valence-corrected chi connectivity index (χ1v) is 7.42. The Bertz CT molecular complexity index is 631. The predicted octanol–water partition coefficient (Wildman–Crippen LogP) is 2.11. The Kier molecular flexibility index (Phi) is 3.94. The molecule has 1 aliphatic carbocycles. The zero-order chi connectivity index (χ0) is 15.6. The normalized spacial score (nSPS) is 16.6. The van der Waals surface area contributed by atoms with Crippen molar-refractivity contribution in [2.45, 2.75) is 31.3 Å². The van der Waals surface area contributed by atoms with Crippen LogP contribution in [0.1, 0.15) is 36.0 Å². The molecule has 3 rings (SSSR count). The minimum Gasteiger partial charge on any atom is -0.388 e. The smallest absolute Gasteiger partial charge is 0.253 e. The topological polar surface area (TPSA) is 79.5 Å². The largest absolute Gasteiger partial charge is 0.388 e. The molecule has 1 aliphatic rings. The number of carbonyl (C=O) groups excluding carboxylic acids is 1. The van der Waals surface area contributed by atoms with Crippen molar-refractivity contribution in [3.63, 3.8) is 0 Å². The number of amides is 1. The molecule has 6 nitrogen and oxygen atoms in total. The maximum atomic E-state index is 12.4. The van der Waals surface area contributed by atoms with Gasteiger partial charge in [-0.05, 0) is 25.0 Å². The molecule has 0 unspecified atom stereocenters. The first-order chi connectivity index (χ1) is 10.6. The van der Waals surface area contributed by atoms with E-state index in [2.05, 4.69) is 10.1 Å². The van der Waals surface area contributed by atoms with Crippen molar-refractivity contribution in [2.75, 3.05) is 13.6 Å². The number of hydrogen-bond acceptors (Lipinski definition) is 5. The second-order valence-electron chi connectivity index (χ2n) is 5.92. The fraction of sp³-hybridized carbons (Fsp3) is 0.438. The summed E-state index contributed by atoms with van der Waals surface area (Å²) in [5.41, 5.74) is 0.647. The highest BCUT2D eigenvalue weighted by Gasteiger charge is 2.33. The summed E-state index contributed by atoms with van der Waals surface area (Å²) in [5, 5.41) is 14.2. The molecule has 0 radical (unpaired) electrons. The number of rotatable bonds is 4. The van der Waals surface area contributed by atoms with Crippen molar-refractivity contribution in [2.24, 2.45) is 0 Å². The van der Waals surface area contributed by atoms with E-state index in [0.29, 0.717) is 17.9 Å². The molecular weight excluding hydrogens is 282 g/mol. The van der Waals surface area contributed by atoms with Crippen LogP contribution in [0.15, 0.2) is 35.2 Å². The molecule has 116 valence electrons. The Balaban J connectivity index is 1.69. The van der Waals surface area contributed by atoms with Crippen LogP contribution in [0.3, 0.4) is 0 Å². The molecule has 1 aromatic heterocycles. The van der Waals surface area contributed by atoms with Crippen molar-refractivity contribution < 1.29 is 14.4 Å². The summed E-state index contributed by atoms with van der Waals surface area (Å²) in [6.07, 6.45) is 4.85. The van der Waals surface area contributed by atoms with Gasteiger partial charge in [-0.3, -0.25) is 4.79 Å². The highest BCUT2D eigenvalue weighted by Crippen LogP contribution is 2.30. The van der Waals surface area contributed by atoms with E-state index in [1.54, 1.807) is 36.2 Å². The standard InChI is InChI=1S/C16H19N3O3/c1-19(10-16(21)8-2-3-9-16)15(20)13-6-4-12(5-7-13)14-17-11-22-18-14/h4-7,11,21H,2-3,8-10H2,1H3. The summed E-state index contributed by atoms with van der Waals surface area (Å²) in [6.45, 7) is 0.373. The van der Waals surface area contributed by atoms with E-state index in [0.717, 1.165) is 31.2 Å². The maximum absolute atomic E-state index is 12.4. The van der Waals surface area contributed by atoms with Crippen molar-refractivity contribution in [1.82, 2.24) is 15.0 Å². The van der Waals surface area contributed by atoms with E-state index < -0.39 is 5.60 Å². The quantitative estimate of drug-likeness (QED) is 0.935. The van der Waals surface area contributed by atoms with Gasteiger partial charge in [0.1, 0.15) is 0 Å². The molecule has 2 aromatic rings. The monoisotopic (exact) mass is 301 g/mol. The molecule has 6 heteroatoms. The predicted molar refractivity (Wildman–Crippen MR) is 80.1 cm³/mol. The van der Waals surface area contributed by atoms with Gasteiger partial charge in [-0.1, -0.05) is 30.1 Å². The lowest BCUT2D eigenvalue weighted by atomic mass is 10.0. The summed E-state index contributed by atoms with van der Waals surface area (Å²) in [4.78, 5) is 18.0. The van der Waals surface area contributed by atoms with E-state index >= 15 is 0 Å². The van der Waals surface area contributed by atoms with Gasteiger partial charge in [0.25, 0.3) is 5.91 Å². The Morgan fingerprint density at radius 1 is 1.32 bits per heavy atom. The molecule has 1 heterocycles. The first-order valence-electron chi connectivity index (χ1n) is 7.42. The third-order valence-corrected chi connectivity index (χ3v) is 4.16. The summed E-state index contributed by atoms with van der Waals surface area (Å²) >= 11 is 0. The van der Waals surface area contributed by atoms with Crippen molar-refractivity contribution in [1.29, 1.82) is 0 Å². The zero-order valence-corrected chi connectivity index (χ0v) is 12.5. The van der Waals surface area contributed by atoms with Gasteiger partial charge < -0.3 is 14.5 Å². The lowest BCUT2D eigenvalue weighted by Gasteiger charge is -2.28. The molecule has 0 bridgehead atoms. The first kappa shape index (κ1) is 14.7. The number of hydrogen-bond donors (Lipinski definition) is 1. The lowest BCUT2D eigenvalue weighted by Crippen LogP contribution is -2.42. The molecule has 1 fully saturated rings. The van der Waals surface area contributed by atoms with Crippen LogP contribution in [-0.2, 0) is 0 Å². The highest BCUT2D eigenvalue weighted by molar-refractivity contribution is 5.94. The van der Waals surface area contributed by atoms with Gasteiger partial charge in [0.15, 0.2) is 0 Å². The van der Waals surface area contributed by atoms with Gasteiger partial charge in [0.2, 0.25) is 12.2 Å². The second kappa shape index (κ2) is 5.88. The average molecular weight is 301 g/mol. The Morgan fingerprint density at radius 3 is 2.59 bits per heavy atom. The van der Waals surface area contributed by atoms with Gasteiger partial charge in [0, 0.05) is 24.7 Å². The van der Waals surface area contributed by atoms with E-state index in [1.807, 2.05) is 0 Å². The number of benzene rings is 1. The maximum Gasteiger partial charge on any atom is 0.253 e. The minimum atomic E-state index is -0.727. The summed E-state index contributed by atoms with van der Waals surface area (Å²) in [6, 6.07) is 7.05. The number of aromatic nitrogens is 2. The van der Waals surface area contributed by atoms with Gasteiger partial charge in [-0.25, -0.2) is 0 Å². The van der Waals surface area contributed by atoms with Gasteiger partial charge in [-0.2, -0.15) is 4.98 Å². The summed E-state index contributed by atoms with van der Waals surface area (Å²) in [7, 11) is 1.73. The van der Waals surface area contributed by atoms with Crippen LogP contribution in [0.2, 0.25) is 0 Å². The number of likely N-dealkylation sites (N-methyl/N-ethyl adjacent to an activating group) is 1. The molecular formula is C16H19N3O3. The van der Waals surface area contributed by atoms with Crippen molar-refractivity contribution in [3.8, 4) is 11.4 Å². The lowest BCUT2D eigenvalue weighted by molar-refractivity contribution is 0.0157. The Morgan fingerprint density at radius 2 is 2.00 bits per heavy atom. The Labute approximate surface area is 128 Å². The van der Waals surface area contributed by atoms with Crippen LogP contribution in [-0.4, -0.2) is 45.2 Å². The fourth-order valence-electron chi connectivity index (χ4n) is 2.98. The van der Waals surface area contributed by atoms with Gasteiger partial charge >= 0.3 is 0 Å². The van der Waals surface area contributed by atoms with Crippen molar-refractivity contribution >= 4 is 5.91 Å². The summed E-state index contributed by atoms with van der Waals surface area (Å²) < 4.78 is 4.71. The fourth-order valence-corrected chi connectivity index (χ4v) is 2.98. The van der Waals surface area contributed by atoms with Crippen LogP contribution in [0.5, 0.6) is 0 Å². The Hall–Kier alpha value is -2.21. The molecule has 0 saturated heterocycles. The van der Waals surface area contributed by atoms with Crippen LogP contribution < -0.4 is 0 Å². The molecule has 1 saturated carbocycles. The van der Waals surface area contributed by atoms with E-state index in [-0.39, 0.29) is 5.91 Å². The molecule has 0 atom stereocenters. The highest BCUT2D eigenvalue weighted by atomic mass is 16.5. The van der Waals surface area contributed by atoms with Crippen LogP contribution >= 0.6 is 0 Å². The van der Waals surface area contributed by atoms with Gasteiger partial charge in [0.05, 0.1) is 5.60 Å². The number of carbonyl (C=O) groups is 1. The van der Waals surface area contributed by atoms with Crippen LogP contribution in [0, 0.1) is 0 Å². The second-order valence-corrected chi connectivity index (χ2v) is 5.92. The van der Waals surface area contributed by atoms with Crippen molar-refractivity contribution in [3.05, 3.63) is 36.2 Å². The van der Waals surface area contributed by atoms with E-state index in [1.165, 1.54) is 6.39 Å². The zero-order valence-electron chi connectivity index (χ0n) is 12.5. The van der Waals surface area contributed by atoms with Gasteiger partial charge in [-0.15, -0.1) is 0 Å². The van der Waals surface area contributed by atoms with E-state index in [9.17, 15) is 9.90 Å². The third kappa shape index (κ3) is 3.01. The van der Waals surface area contributed by atoms with Crippen LogP contribution in [0.25, 0.3) is 11.4 Å². The number of aliphatic hydroxyl groups is 1. The van der Waals surface area contributed by atoms with E-state index in [4.69, 9.17) is 4.52 Å². The SMILES string of the molecule is CN(CC1(O)CCCC1)C(=O)c1ccc(-c2ncon2)cc1. The van der Waals surface area contributed by atoms with Crippen LogP contribution in [0.4, 0.5) is 0 Å². The molecule has 1 amide bonds.